The maximum atomic E-state index is 13.7. The van der Waals surface area contributed by atoms with E-state index in [0.717, 1.165) is 0 Å². The summed E-state index contributed by atoms with van der Waals surface area (Å²) < 4.78 is 19.0. The van der Waals surface area contributed by atoms with Crippen LogP contribution in [0, 0.1) is 5.82 Å². The molecule has 0 saturated carbocycles. The highest BCUT2D eigenvalue weighted by Gasteiger charge is 2.13. The molecule has 0 amide bonds. The van der Waals surface area contributed by atoms with Gasteiger partial charge in [0.2, 0.25) is 5.82 Å². The van der Waals surface area contributed by atoms with Crippen molar-refractivity contribution in [3.63, 3.8) is 0 Å². The maximum absolute atomic E-state index is 13.7. The van der Waals surface area contributed by atoms with Crippen LogP contribution >= 0.6 is 0 Å². The molecule has 0 fully saturated rings. The van der Waals surface area contributed by atoms with Crippen molar-refractivity contribution < 1.29 is 13.6 Å². The fourth-order valence-corrected chi connectivity index (χ4v) is 1.70. The molecule has 0 radical (unpaired) electrons. The van der Waals surface area contributed by atoms with Gasteiger partial charge < -0.3 is 4.42 Å². The zero-order valence-corrected chi connectivity index (χ0v) is 9.50. The Kier molecular flexibility index (Phi) is 2.64. The van der Waals surface area contributed by atoms with Crippen LogP contribution < -0.4 is 0 Å². The Balaban J connectivity index is 2.09. The number of H-pyrrole nitrogens is 1. The van der Waals surface area contributed by atoms with Gasteiger partial charge in [0.05, 0.1) is 5.56 Å². The molecule has 94 valence electrons. The summed E-state index contributed by atoms with van der Waals surface area (Å²) in [7, 11) is 0. The second-order valence-electron chi connectivity index (χ2n) is 3.75. The molecule has 0 aliphatic rings. The van der Waals surface area contributed by atoms with Gasteiger partial charge in [-0.05, 0) is 35.5 Å². The minimum Gasteiger partial charge on any atom is -0.453 e. The van der Waals surface area contributed by atoms with Crippen LogP contribution in [0.15, 0.2) is 34.7 Å². The average Bonchev–Trinajstić information content (AvgIpc) is 3.10. The molecule has 3 aromatic rings. The number of benzene rings is 1. The number of aromatic amines is 1. The van der Waals surface area contributed by atoms with Crippen molar-refractivity contribution in [2.24, 2.45) is 0 Å². The number of carbonyl (C=O) groups is 1. The summed E-state index contributed by atoms with van der Waals surface area (Å²) in [5.74, 6) is 0.362. The zero-order valence-electron chi connectivity index (χ0n) is 9.50. The Morgan fingerprint density at radius 2 is 2.16 bits per heavy atom. The number of halogens is 1. The molecule has 0 atom stereocenters. The largest absolute Gasteiger partial charge is 0.453 e. The van der Waals surface area contributed by atoms with Crippen LogP contribution in [0.1, 0.15) is 10.6 Å². The summed E-state index contributed by atoms with van der Waals surface area (Å²) >= 11 is 0. The molecule has 7 heteroatoms. The smallest absolute Gasteiger partial charge is 0.207 e. The van der Waals surface area contributed by atoms with Crippen molar-refractivity contribution in [1.82, 2.24) is 20.6 Å². The number of furan rings is 1. The first-order valence-corrected chi connectivity index (χ1v) is 5.36. The molecule has 0 spiro atoms. The lowest BCUT2D eigenvalue weighted by Gasteiger charge is -2.01. The lowest BCUT2D eigenvalue weighted by molar-refractivity contribution is 0.110. The van der Waals surface area contributed by atoms with Crippen LogP contribution in [0.25, 0.3) is 22.7 Å². The van der Waals surface area contributed by atoms with E-state index in [1.54, 1.807) is 18.2 Å². The first kappa shape index (κ1) is 11.3. The number of nitrogens with one attached hydrogen (secondary N) is 1. The number of aldehydes is 1. The molecular formula is C12H7FN4O2. The Bertz CT molecular complexity index is 721. The van der Waals surface area contributed by atoms with Gasteiger partial charge in [0.25, 0.3) is 0 Å². The lowest BCUT2D eigenvalue weighted by Crippen LogP contribution is -1.88. The molecule has 2 aromatic heterocycles. The molecule has 0 saturated heterocycles. The van der Waals surface area contributed by atoms with Crippen LogP contribution in [0.4, 0.5) is 4.39 Å². The fourth-order valence-electron chi connectivity index (χ4n) is 1.70. The topological polar surface area (TPSA) is 84.7 Å². The van der Waals surface area contributed by atoms with Gasteiger partial charge in [-0.3, -0.25) is 4.79 Å². The molecule has 19 heavy (non-hydrogen) atoms. The number of carbonyl (C=O) groups excluding carboxylic acids is 1. The van der Waals surface area contributed by atoms with E-state index < -0.39 is 5.82 Å². The summed E-state index contributed by atoms with van der Waals surface area (Å²) in [6.45, 7) is 0. The van der Waals surface area contributed by atoms with Crippen LogP contribution in [-0.4, -0.2) is 26.9 Å². The minimum atomic E-state index is -0.465. The van der Waals surface area contributed by atoms with Crippen LogP contribution in [0.2, 0.25) is 0 Å². The number of aromatic nitrogens is 4. The predicted octanol–water partition coefficient (Wildman–Crippen LogP) is 2.08. The second-order valence-corrected chi connectivity index (χ2v) is 3.75. The van der Waals surface area contributed by atoms with Crippen molar-refractivity contribution in [3.8, 4) is 22.7 Å². The second kappa shape index (κ2) is 4.45. The Hall–Kier alpha value is -2.83. The molecule has 0 aliphatic carbocycles. The molecule has 3 rings (SSSR count). The fraction of sp³-hybridized carbons (Fsp3) is 0. The van der Waals surface area contributed by atoms with Gasteiger partial charge in [-0.15, -0.1) is 10.2 Å². The van der Waals surface area contributed by atoms with E-state index in [0.29, 0.717) is 17.6 Å². The highest BCUT2D eigenvalue weighted by Crippen LogP contribution is 2.27. The number of hydrogen-bond acceptors (Lipinski definition) is 5. The highest BCUT2D eigenvalue weighted by atomic mass is 19.1. The normalized spacial score (nSPS) is 10.6. The molecule has 0 aliphatic heterocycles. The number of nitrogens with zero attached hydrogens (tertiary/aromatic N) is 3. The Labute approximate surface area is 106 Å². The predicted molar refractivity (Wildman–Crippen MR) is 62.7 cm³/mol. The summed E-state index contributed by atoms with van der Waals surface area (Å²) in [5.41, 5.74) is 0.824. The van der Waals surface area contributed by atoms with Crippen molar-refractivity contribution in [3.05, 3.63) is 41.9 Å². The highest BCUT2D eigenvalue weighted by molar-refractivity contribution is 5.74. The molecule has 2 heterocycles. The Morgan fingerprint density at radius 1 is 1.26 bits per heavy atom. The van der Waals surface area contributed by atoms with E-state index >= 15 is 0 Å². The standard InChI is InChI=1S/C12H7FN4O2/c13-10-3-1-7(11-4-2-8(6-18)19-11)5-9(10)12-14-16-17-15-12/h1-6H,(H,14,15,16,17). The van der Waals surface area contributed by atoms with Crippen LogP contribution in [0.3, 0.4) is 0 Å². The average molecular weight is 258 g/mol. The lowest BCUT2D eigenvalue weighted by atomic mass is 10.1. The van der Waals surface area contributed by atoms with Gasteiger partial charge in [0.1, 0.15) is 11.6 Å². The SMILES string of the molecule is O=Cc1ccc(-c2ccc(F)c(-c3nn[nH]n3)c2)o1. The molecule has 1 N–H and O–H groups in total. The van der Waals surface area contributed by atoms with Crippen molar-refractivity contribution in [2.45, 2.75) is 0 Å². The first-order chi connectivity index (χ1) is 9.28. The summed E-state index contributed by atoms with van der Waals surface area (Å²) in [4.78, 5) is 10.6. The van der Waals surface area contributed by atoms with Crippen molar-refractivity contribution in [1.29, 1.82) is 0 Å². The van der Waals surface area contributed by atoms with Gasteiger partial charge >= 0.3 is 0 Å². The minimum absolute atomic E-state index is 0.154. The third-order valence-electron chi connectivity index (χ3n) is 2.58. The zero-order chi connectivity index (χ0) is 13.2. The van der Waals surface area contributed by atoms with E-state index in [1.807, 2.05) is 0 Å². The third-order valence-corrected chi connectivity index (χ3v) is 2.58. The molecule has 1 aromatic carbocycles. The summed E-state index contributed by atoms with van der Waals surface area (Å²) in [6, 6.07) is 7.54. The van der Waals surface area contributed by atoms with Gasteiger partial charge in [-0.2, -0.15) is 5.21 Å². The molecular weight excluding hydrogens is 251 g/mol. The van der Waals surface area contributed by atoms with Gasteiger partial charge in [0, 0.05) is 5.56 Å². The number of hydrogen-bond donors (Lipinski definition) is 1. The molecule has 0 bridgehead atoms. The molecule has 0 unspecified atom stereocenters. The van der Waals surface area contributed by atoms with E-state index in [-0.39, 0.29) is 17.1 Å². The van der Waals surface area contributed by atoms with Crippen molar-refractivity contribution in [2.75, 3.05) is 0 Å². The van der Waals surface area contributed by atoms with Crippen LogP contribution in [-0.2, 0) is 0 Å². The maximum Gasteiger partial charge on any atom is 0.207 e. The first-order valence-electron chi connectivity index (χ1n) is 5.36. The Morgan fingerprint density at radius 3 is 2.84 bits per heavy atom. The van der Waals surface area contributed by atoms with Gasteiger partial charge in [-0.25, -0.2) is 4.39 Å². The van der Waals surface area contributed by atoms with E-state index in [2.05, 4.69) is 20.6 Å². The third kappa shape index (κ3) is 2.01. The molecule has 6 nitrogen and oxygen atoms in total. The number of tetrazole rings is 1. The monoisotopic (exact) mass is 258 g/mol. The summed E-state index contributed by atoms with van der Waals surface area (Å²) in [6.07, 6.45) is 0.604. The van der Waals surface area contributed by atoms with Gasteiger partial charge in [-0.1, -0.05) is 0 Å². The van der Waals surface area contributed by atoms with Crippen molar-refractivity contribution >= 4 is 6.29 Å². The number of rotatable bonds is 3. The van der Waals surface area contributed by atoms with Gasteiger partial charge in [0.15, 0.2) is 12.0 Å². The van der Waals surface area contributed by atoms with Crippen LogP contribution in [0.5, 0.6) is 0 Å². The van der Waals surface area contributed by atoms with E-state index in [4.69, 9.17) is 4.42 Å². The quantitative estimate of drug-likeness (QED) is 0.727. The van der Waals surface area contributed by atoms with E-state index in [1.165, 1.54) is 12.1 Å². The van der Waals surface area contributed by atoms with E-state index in [9.17, 15) is 9.18 Å². The summed E-state index contributed by atoms with van der Waals surface area (Å²) in [5, 5.41) is 13.1.